The minimum atomic E-state index is -4.63. The van der Waals surface area contributed by atoms with Crippen LogP contribution in [0.5, 0.6) is 11.5 Å². The number of rotatable bonds is 8. The molecule has 1 amide bonds. The number of fused-ring (bicyclic) bond motifs is 1. The fourth-order valence-electron chi connectivity index (χ4n) is 3.88. The standard InChI is InChI=1S/C27H23Cl2N3O6S.Na/c1-3-15-12-21(29)24(39(35,36)37)14-22(15)31-32-25-18-8-6-5-7-16(18)11-19(26(25)33)27(34)30-17-9-10-20(28)23(13-17)38-4-2;/h5-14,33H,3-4H2,1-2H3,(H,30,34)(H,35,36,37);/q;+1/p-1. The van der Waals surface area contributed by atoms with Gasteiger partial charge in [-0.3, -0.25) is 9.35 Å². The van der Waals surface area contributed by atoms with Gasteiger partial charge < -0.3 is 15.2 Å². The number of aryl methyl sites for hydroxylation is 1. The summed E-state index contributed by atoms with van der Waals surface area (Å²) in [5, 5.41) is 25.6. The zero-order valence-corrected chi connectivity index (χ0v) is 26.1. The van der Waals surface area contributed by atoms with E-state index in [1.807, 2.05) is 0 Å². The Morgan fingerprint density at radius 1 is 1.02 bits per heavy atom. The van der Waals surface area contributed by atoms with Crippen LogP contribution < -0.4 is 44.7 Å². The van der Waals surface area contributed by atoms with Gasteiger partial charge in [0, 0.05) is 22.7 Å². The zero-order valence-electron chi connectivity index (χ0n) is 21.7. The summed E-state index contributed by atoms with van der Waals surface area (Å²) in [5.41, 5.74) is 0.706. The summed E-state index contributed by atoms with van der Waals surface area (Å²) in [7, 11) is -4.63. The topological polar surface area (TPSA) is 140 Å². The first kappa shape index (κ1) is 31.8. The van der Waals surface area contributed by atoms with Crippen molar-refractivity contribution in [3.05, 3.63) is 81.8 Å². The molecule has 40 heavy (non-hydrogen) atoms. The predicted molar refractivity (Wildman–Crippen MR) is 149 cm³/mol. The first-order valence-corrected chi connectivity index (χ1v) is 13.9. The summed E-state index contributed by atoms with van der Waals surface area (Å²) in [6, 6.07) is 15.4. The summed E-state index contributed by atoms with van der Waals surface area (Å²) in [5.74, 6) is -0.983. The van der Waals surface area contributed by atoms with Gasteiger partial charge in [-0.2, -0.15) is 18.6 Å². The van der Waals surface area contributed by atoms with E-state index in [-0.39, 0.29) is 51.5 Å². The van der Waals surface area contributed by atoms with Crippen LogP contribution >= 0.6 is 23.2 Å². The number of carbonyl (C=O) groups is 1. The van der Waals surface area contributed by atoms with E-state index < -0.39 is 26.7 Å². The summed E-state index contributed by atoms with van der Waals surface area (Å²) >= 11 is 12.1. The Balaban J connectivity index is 0.00000441. The average Bonchev–Trinajstić information content (AvgIpc) is 2.89. The third-order valence-electron chi connectivity index (χ3n) is 5.76. The van der Waals surface area contributed by atoms with E-state index in [1.165, 1.54) is 12.1 Å². The number of ether oxygens (including phenoxy) is 1. The maximum absolute atomic E-state index is 13.5. The molecule has 4 aromatic carbocycles. The van der Waals surface area contributed by atoms with Gasteiger partial charge in [0.25, 0.3) is 16.0 Å². The number of hydrogen-bond acceptors (Lipinski definition) is 7. The number of carbonyl (C=O) groups excluding carboxylic acids is 1. The Bertz CT molecular complexity index is 1730. The van der Waals surface area contributed by atoms with Crippen molar-refractivity contribution in [1.29, 1.82) is 0 Å². The monoisotopic (exact) mass is 609 g/mol. The summed E-state index contributed by atoms with van der Waals surface area (Å²) in [6.45, 7) is 3.97. The number of benzene rings is 4. The van der Waals surface area contributed by atoms with Gasteiger partial charge >= 0.3 is 29.6 Å². The van der Waals surface area contributed by atoms with E-state index in [9.17, 15) is 22.9 Å². The van der Waals surface area contributed by atoms with Crippen molar-refractivity contribution in [3.63, 3.8) is 0 Å². The van der Waals surface area contributed by atoms with Crippen molar-refractivity contribution < 1.29 is 57.2 Å². The SMILES string of the molecule is CCOc1cc(NC(=O)c2cc3ccccc3c(N=Nc3cc(S(=O)(=O)O)c(Cl)cc3CC)c2[O-])ccc1Cl.[Na+]. The molecular weight excluding hydrogens is 588 g/mol. The van der Waals surface area contributed by atoms with Gasteiger partial charge in [0.1, 0.15) is 10.6 Å². The molecule has 0 aliphatic rings. The molecule has 0 aromatic heterocycles. The molecule has 13 heteroatoms. The quantitative estimate of drug-likeness (QED) is 0.175. The van der Waals surface area contributed by atoms with Crippen LogP contribution in [0.4, 0.5) is 17.1 Å². The summed E-state index contributed by atoms with van der Waals surface area (Å²) in [6.07, 6.45) is 0.415. The largest absolute Gasteiger partial charge is 1.00 e. The van der Waals surface area contributed by atoms with Gasteiger partial charge in [-0.15, -0.1) is 0 Å². The molecule has 4 rings (SSSR count). The molecule has 0 heterocycles. The first-order chi connectivity index (χ1) is 18.5. The third-order valence-corrected chi connectivity index (χ3v) is 7.39. The predicted octanol–water partition coefficient (Wildman–Crippen LogP) is 4.10. The molecule has 0 radical (unpaired) electrons. The van der Waals surface area contributed by atoms with E-state index >= 15 is 0 Å². The van der Waals surface area contributed by atoms with Crippen molar-refractivity contribution in [2.24, 2.45) is 10.2 Å². The maximum Gasteiger partial charge on any atom is 1.00 e. The van der Waals surface area contributed by atoms with E-state index in [1.54, 1.807) is 56.3 Å². The van der Waals surface area contributed by atoms with Gasteiger partial charge in [-0.25, -0.2) is 0 Å². The Labute approximate surface area is 263 Å². The number of nitrogens with zero attached hydrogens (tertiary/aromatic N) is 2. The molecular formula is C27H22Cl2N3NaO6S. The zero-order chi connectivity index (χ0) is 28.3. The summed E-state index contributed by atoms with van der Waals surface area (Å²) in [4.78, 5) is 12.6. The molecule has 0 spiro atoms. The number of hydrogen-bond donors (Lipinski definition) is 2. The Morgan fingerprint density at radius 2 is 1.75 bits per heavy atom. The van der Waals surface area contributed by atoms with E-state index in [2.05, 4.69) is 15.5 Å². The van der Waals surface area contributed by atoms with Gasteiger partial charge in [0.05, 0.1) is 28.0 Å². The molecule has 0 atom stereocenters. The van der Waals surface area contributed by atoms with Gasteiger partial charge in [0.2, 0.25) is 0 Å². The second-order valence-electron chi connectivity index (χ2n) is 8.30. The van der Waals surface area contributed by atoms with Crippen molar-refractivity contribution in [1.82, 2.24) is 0 Å². The second kappa shape index (κ2) is 13.3. The maximum atomic E-state index is 13.5. The van der Waals surface area contributed by atoms with Crippen LogP contribution in [0.15, 0.2) is 75.8 Å². The molecule has 0 fully saturated rings. The van der Waals surface area contributed by atoms with Crippen LogP contribution in [-0.2, 0) is 16.5 Å². The average molecular weight is 610 g/mol. The first-order valence-electron chi connectivity index (χ1n) is 11.7. The fraction of sp³-hybridized carbons (Fsp3) is 0.148. The third kappa shape index (κ3) is 6.95. The van der Waals surface area contributed by atoms with Crippen molar-refractivity contribution in [2.75, 3.05) is 11.9 Å². The van der Waals surface area contributed by atoms with Crippen LogP contribution in [0.3, 0.4) is 0 Å². The fourth-order valence-corrected chi connectivity index (χ4v) is 5.10. The smallest absolute Gasteiger partial charge is 0.870 e. The van der Waals surface area contributed by atoms with Crippen LogP contribution in [0, 0.1) is 0 Å². The van der Waals surface area contributed by atoms with Crippen LogP contribution in [0.1, 0.15) is 29.8 Å². The number of nitrogens with one attached hydrogen (secondary N) is 1. The Hall–Kier alpha value is -2.70. The second-order valence-corrected chi connectivity index (χ2v) is 10.5. The molecule has 2 N–H and O–H groups in total. The number of halogens is 2. The number of amides is 1. The molecule has 9 nitrogen and oxygen atoms in total. The van der Waals surface area contributed by atoms with E-state index in [4.69, 9.17) is 27.9 Å². The molecule has 4 aromatic rings. The minimum Gasteiger partial charge on any atom is -0.870 e. The number of anilines is 1. The van der Waals surface area contributed by atoms with Crippen LogP contribution in [0.25, 0.3) is 10.8 Å². The van der Waals surface area contributed by atoms with Gasteiger partial charge in [-0.1, -0.05) is 60.1 Å². The summed E-state index contributed by atoms with van der Waals surface area (Å²) < 4.78 is 38.5. The Kier molecular flexibility index (Phi) is 10.6. The van der Waals surface area contributed by atoms with Gasteiger partial charge in [0.15, 0.2) is 0 Å². The van der Waals surface area contributed by atoms with E-state index in [0.29, 0.717) is 45.8 Å². The van der Waals surface area contributed by atoms with E-state index in [0.717, 1.165) is 6.07 Å². The van der Waals surface area contributed by atoms with Crippen LogP contribution in [-0.4, -0.2) is 25.5 Å². The molecule has 0 aliphatic carbocycles. The van der Waals surface area contributed by atoms with Crippen molar-refractivity contribution >= 4 is 67.1 Å². The van der Waals surface area contributed by atoms with Crippen LogP contribution in [0.2, 0.25) is 10.0 Å². The van der Waals surface area contributed by atoms with Crippen molar-refractivity contribution in [3.8, 4) is 11.5 Å². The molecule has 202 valence electrons. The Morgan fingerprint density at radius 3 is 2.42 bits per heavy atom. The van der Waals surface area contributed by atoms with Crippen molar-refractivity contribution in [2.45, 2.75) is 25.2 Å². The van der Waals surface area contributed by atoms with Gasteiger partial charge in [-0.05, 0) is 54.6 Å². The molecule has 0 bridgehead atoms. The molecule has 0 saturated carbocycles. The molecule has 0 aliphatic heterocycles. The minimum absolute atomic E-state index is 0. The normalized spacial score (nSPS) is 11.4. The molecule has 0 saturated heterocycles. The molecule has 0 unspecified atom stereocenters. The number of azo groups is 1.